The average Bonchev–Trinajstić information content (AvgIpc) is 2.49. The molecule has 0 aliphatic heterocycles. The van der Waals surface area contributed by atoms with Crippen molar-refractivity contribution in [3.05, 3.63) is 63.1 Å². The van der Waals surface area contributed by atoms with Crippen molar-refractivity contribution in [2.75, 3.05) is 13.7 Å². The number of methoxy groups -OCH3 is 1. The highest BCUT2D eigenvalue weighted by atomic mass is 79.9. The third-order valence-electron chi connectivity index (χ3n) is 3.52. The lowest BCUT2D eigenvalue weighted by atomic mass is 9.92. The molecule has 2 nitrogen and oxygen atoms in total. The van der Waals surface area contributed by atoms with Gasteiger partial charge in [0.1, 0.15) is 5.75 Å². The van der Waals surface area contributed by atoms with Gasteiger partial charge >= 0.3 is 0 Å². The van der Waals surface area contributed by atoms with E-state index in [1.165, 1.54) is 5.56 Å². The lowest BCUT2D eigenvalue weighted by Gasteiger charge is -2.17. The van der Waals surface area contributed by atoms with E-state index in [-0.39, 0.29) is 0 Å². The molecule has 4 heteroatoms. The molecule has 0 aliphatic rings. The van der Waals surface area contributed by atoms with Gasteiger partial charge in [0.2, 0.25) is 0 Å². The Bertz CT molecular complexity index is 586. The van der Waals surface area contributed by atoms with Crippen molar-refractivity contribution in [2.24, 2.45) is 11.7 Å². The van der Waals surface area contributed by atoms with E-state index in [0.717, 1.165) is 33.6 Å². The standard InChI is InChI=1S/C17H19BrClNO/c1-21-17-7-6-16(19)10-14(17)9-13(11-20)8-12-2-4-15(18)5-3-12/h2-7,10,13H,8-9,11,20H2,1H3. The number of rotatable bonds is 6. The molecular weight excluding hydrogens is 350 g/mol. The van der Waals surface area contributed by atoms with Gasteiger partial charge in [0, 0.05) is 9.50 Å². The second-order valence-electron chi connectivity index (χ2n) is 5.09. The van der Waals surface area contributed by atoms with Crippen LogP contribution in [0.2, 0.25) is 5.02 Å². The summed E-state index contributed by atoms with van der Waals surface area (Å²) in [5, 5.41) is 0.727. The number of nitrogens with two attached hydrogens (primary N) is 1. The Hall–Kier alpha value is -1.03. The van der Waals surface area contributed by atoms with Gasteiger partial charge in [-0.3, -0.25) is 0 Å². The predicted octanol–water partition coefficient (Wildman–Crippen LogP) is 4.47. The van der Waals surface area contributed by atoms with Gasteiger partial charge in [0.15, 0.2) is 0 Å². The van der Waals surface area contributed by atoms with Gasteiger partial charge in [-0.25, -0.2) is 0 Å². The van der Waals surface area contributed by atoms with Gasteiger partial charge in [-0.2, -0.15) is 0 Å². The van der Waals surface area contributed by atoms with E-state index in [9.17, 15) is 0 Å². The zero-order valence-corrected chi connectivity index (χ0v) is 14.3. The van der Waals surface area contributed by atoms with E-state index in [4.69, 9.17) is 22.1 Å². The van der Waals surface area contributed by atoms with Gasteiger partial charge in [-0.05, 0) is 66.8 Å². The summed E-state index contributed by atoms with van der Waals surface area (Å²) >= 11 is 9.54. The van der Waals surface area contributed by atoms with Crippen LogP contribution in [0.5, 0.6) is 5.75 Å². The third kappa shape index (κ3) is 4.73. The minimum Gasteiger partial charge on any atom is -0.496 e. The summed E-state index contributed by atoms with van der Waals surface area (Å²) in [4.78, 5) is 0. The average molecular weight is 369 g/mol. The van der Waals surface area contributed by atoms with Crippen LogP contribution in [0.3, 0.4) is 0 Å². The van der Waals surface area contributed by atoms with E-state index in [1.807, 2.05) is 18.2 Å². The fraction of sp³-hybridized carbons (Fsp3) is 0.294. The van der Waals surface area contributed by atoms with Crippen LogP contribution >= 0.6 is 27.5 Å². The highest BCUT2D eigenvalue weighted by Crippen LogP contribution is 2.26. The van der Waals surface area contributed by atoms with E-state index in [2.05, 4.69) is 40.2 Å². The molecule has 0 aliphatic carbocycles. The van der Waals surface area contributed by atoms with Gasteiger partial charge in [0.25, 0.3) is 0 Å². The molecule has 2 aromatic carbocycles. The molecule has 0 spiro atoms. The zero-order valence-electron chi connectivity index (χ0n) is 12.0. The van der Waals surface area contributed by atoms with Gasteiger partial charge in [-0.15, -0.1) is 0 Å². The number of benzene rings is 2. The minimum atomic E-state index is 0.360. The van der Waals surface area contributed by atoms with Crippen LogP contribution in [0.25, 0.3) is 0 Å². The molecule has 112 valence electrons. The van der Waals surface area contributed by atoms with Crippen LogP contribution < -0.4 is 10.5 Å². The molecule has 1 atom stereocenters. The monoisotopic (exact) mass is 367 g/mol. The number of halogens is 2. The SMILES string of the molecule is COc1ccc(Cl)cc1CC(CN)Cc1ccc(Br)cc1. The van der Waals surface area contributed by atoms with Crippen LogP contribution in [0, 0.1) is 5.92 Å². The molecule has 2 rings (SSSR count). The summed E-state index contributed by atoms with van der Waals surface area (Å²) < 4.78 is 6.50. The fourth-order valence-corrected chi connectivity index (χ4v) is 2.87. The van der Waals surface area contributed by atoms with Crippen molar-refractivity contribution in [2.45, 2.75) is 12.8 Å². The van der Waals surface area contributed by atoms with E-state index < -0.39 is 0 Å². The molecular formula is C17H19BrClNO. The normalized spacial score (nSPS) is 12.2. The summed E-state index contributed by atoms with van der Waals surface area (Å²) in [6, 6.07) is 14.1. The lowest BCUT2D eigenvalue weighted by Crippen LogP contribution is -2.19. The molecule has 0 radical (unpaired) electrons. The van der Waals surface area contributed by atoms with Crippen molar-refractivity contribution in [3.8, 4) is 5.75 Å². The molecule has 1 unspecified atom stereocenters. The zero-order chi connectivity index (χ0) is 15.2. The minimum absolute atomic E-state index is 0.360. The summed E-state index contributed by atoms with van der Waals surface area (Å²) in [5.74, 6) is 1.23. The summed E-state index contributed by atoms with van der Waals surface area (Å²) in [6.07, 6.45) is 1.80. The Kier molecular flexibility index (Phi) is 6.09. The smallest absolute Gasteiger partial charge is 0.122 e. The van der Waals surface area contributed by atoms with E-state index >= 15 is 0 Å². The maximum atomic E-state index is 6.09. The molecule has 0 saturated heterocycles. The van der Waals surface area contributed by atoms with Crippen LogP contribution in [-0.4, -0.2) is 13.7 Å². The van der Waals surface area contributed by atoms with Crippen molar-refractivity contribution in [1.29, 1.82) is 0 Å². The summed E-state index contributed by atoms with van der Waals surface area (Å²) in [7, 11) is 1.68. The fourth-order valence-electron chi connectivity index (χ4n) is 2.41. The summed E-state index contributed by atoms with van der Waals surface area (Å²) in [6.45, 7) is 0.631. The largest absolute Gasteiger partial charge is 0.496 e. The highest BCUT2D eigenvalue weighted by Gasteiger charge is 2.13. The molecule has 0 aromatic heterocycles. The first-order valence-corrected chi connectivity index (χ1v) is 8.06. The molecule has 21 heavy (non-hydrogen) atoms. The molecule has 0 fully saturated rings. The second kappa shape index (κ2) is 7.83. The summed E-state index contributed by atoms with van der Waals surface area (Å²) in [5.41, 5.74) is 8.34. The maximum absolute atomic E-state index is 6.09. The first-order valence-electron chi connectivity index (χ1n) is 6.89. The molecule has 0 heterocycles. The van der Waals surface area contributed by atoms with Gasteiger partial charge in [-0.1, -0.05) is 39.7 Å². The Labute approximate surface area is 139 Å². The Morgan fingerprint density at radius 2 is 1.86 bits per heavy atom. The number of ether oxygens (including phenoxy) is 1. The maximum Gasteiger partial charge on any atom is 0.122 e. The third-order valence-corrected chi connectivity index (χ3v) is 4.29. The van der Waals surface area contributed by atoms with Crippen molar-refractivity contribution < 1.29 is 4.74 Å². The van der Waals surface area contributed by atoms with Gasteiger partial charge in [0.05, 0.1) is 7.11 Å². The predicted molar refractivity (Wildman–Crippen MR) is 92.1 cm³/mol. The topological polar surface area (TPSA) is 35.2 Å². The Morgan fingerprint density at radius 1 is 1.14 bits per heavy atom. The van der Waals surface area contributed by atoms with Gasteiger partial charge < -0.3 is 10.5 Å². The Balaban J connectivity index is 2.11. The number of hydrogen-bond acceptors (Lipinski definition) is 2. The highest BCUT2D eigenvalue weighted by molar-refractivity contribution is 9.10. The molecule has 2 aromatic rings. The molecule has 0 saturated carbocycles. The molecule has 0 amide bonds. The Morgan fingerprint density at radius 3 is 2.48 bits per heavy atom. The molecule has 0 bridgehead atoms. The van der Waals surface area contributed by atoms with Crippen LogP contribution in [0.1, 0.15) is 11.1 Å². The second-order valence-corrected chi connectivity index (χ2v) is 6.44. The first-order chi connectivity index (χ1) is 10.1. The van der Waals surface area contributed by atoms with Crippen LogP contribution in [-0.2, 0) is 12.8 Å². The van der Waals surface area contributed by atoms with Crippen LogP contribution in [0.15, 0.2) is 46.9 Å². The number of hydrogen-bond donors (Lipinski definition) is 1. The van der Waals surface area contributed by atoms with Crippen LogP contribution in [0.4, 0.5) is 0 Å². The van der Waals surface area contributed by atoms with E-state index in [1.54, 1.807) is 7.11 Å². The quantitative estimate of drug-likeness (QED) is 0.816. The van der Waals surface area contributed by atoms with E-state index in [0.29, 0.717) is 12.5 Å². The first kappa shape index (κ1) is 16.3. The van der Waals surface area contributed by atoms with Crippen molar-refractivity contribution in [1.82, 2.24) is 0 Å². The lowest BCUT2D eigenvalue weighted by molar-refractivity contribution is 0.404. The van der Waals surface area contributed by atoms with Crippen molar-refractivity contribution in [3.63, 3.8) is 0 Å². The van der Waals surface area contributed by atoms with Crippen molar-refractivity contribution >= 4 is 27.5 Å². The molecule has 2 N–H and O–H groups in total.